The van der Waals surface area contributed by atoms with Crippen LogP contribution in [-0.4, -0.2) is 57.3 Å². The van der Waals surface area contributed by atoms with Gasteiger partial charge in [-0.3, -0.25) is 4.68 Å². The van der Waals surface area contributed by atoms with Crippen molar-refractivity contribution in [3.63, 3.8) is 0 Å². The van der Waals surface area contributed by atoms with Crippen molar-refractivity contribution < 1.29 is 14.6 Å². The smallest absolute Gasteiger partial charge is 0.157 e. The van der Waals surface area contributed by atoms with Crippen LogP contribution >= 0.6 is 0 Å². The molecule has 1 aliphatic heterocycles. The van der Waals surface area contributed by atoms with Crippen LogP contribution in [0.25, 0.3) is 0 Å². The number of hydrogen-bond acceptors (Lipinski definition) is 7. The van der Waals surface area contributed by atoms with Crippen molar-refractivity contribution in [2.24, 2.45) is 0 Å². The molecule has 0 unspecified atom stereocenters. The number of rotatable bonds is 6. The molecule has 0 amide bonds. The Balaban J connectivity index is 1.71. The Bertz CT molecular complexity index is 690. The molecule has 0 radical (unpaired) electrons. The third kappa shape index (κ3) is 3.65. The third-order valence-electron chi connectivity index (χ3n) is 3.94. The fraction of sp³-hybridized carbons (Fsp3) is 0.562. The molecule has 2 atom stereocenters. The number of aromatic nitrogens is 4. The summed E-state index contributed by atoms with van der Waals surface area (Å²) in [5.41, 5.74) is 0.870. The van der Waals surface area contributed by atoms with E-state index in [0.29, 0.717) is 31.3 Å². The third-order valence-corrected chi connectivity index (χ3v) is 3.94. The van der Waals surface area contributed by atoms with Crippen LogP contribution in [-0.2, 0) is 17.9 Å². The van der Waals surface area contributed by atoms with Gasteiger partial charge in [0.25, 0.3) is 0 Å². The van der Waals surface area contributed by atoms with Gasteiger partial charge < -0.3 is 19.5 Å². The summed E-state index contributed by atoms with van der Waals surface area (Å²) in [6.07, 6.45) is 2.60. The Hall–Kier alpha value is -2.19. The van der Waals surface area contributed by atoms with E-state index >= 15 is 0 Å². The second kappa shape index (κ2) is 7.14. The van der Waals surface area contributed by atoms with Crippen LogP contribution in [0.15, 0.2) is 18.5 Å². The first kappa shape index (κ1) is 16.7. The topological polar surface area (TPSA) is 85.5 Å². The lowest BCUT2D eigenvalue weighted by molar-refractivity contribution is 0.0737. The lowest BCUT2D eigenvalue weighted by Gasteiger charge is -2.18. The number of aliphatic hydroxyl groups is 1. The Labute approximate surface area is 141 Å². The zero-order valence-electron chi connectivity index (χ0n) is 14.2. The Morgan fingerprint density at radius 3 is 2.88 bits per heavy atom. The zero-order chi connectivity index (χ0) is 17.1. The molecule has 2 aromatic heterocycles. The molecule has 8 nitrogen and oxygen atoms in total. The highest BCUT2D eigenvalue weighted by Gasteiger charge is 2.34. The minimum atomic E-state index is -0.587. The molecule has 1 saturated heterocycles. The maximum Gasteiger partial charge on any atom is 0.157 e. The van der Waals surface area contributed by atoms with Crippen molar-refractivity contribution in [2.45, 2.75) is 39.2 Å². The number of nitrogens with zero attached hydrogens (tertiary/aromatic N) is 5. The second-order valence-corrected chi connectivity index (χ2v) is 5.88. The van der Waals surface area contributed by atoms with Crippen LogP contribution < -0.4 is 9.64 Å². The lowest BCUT2D eigenvalue weighted by Crippen LogP contribution is -2.29. The standard InChI is InChI=1S/C16H23N5O3/c1-4-21-7-12(6-17-21)24-14-9-20(8-13(14)22)16-5-11(2)18-15(19-16)10-23-3/h5-7,13-14,22H,4,8-10H2,1-3H3/t13-,14-/m1/s1. The highest BCUT2D eigenvalue weighted by Crippen LogP contribution is 2.23. The van der Waals surface area contributed by atoms with E-state index in [1.807, 2.05) is 31.0 Å². The molecule has 0 bridgehead atoms. The maximum atomic E-state index is 10.3. The summed E-state index contributed by atoms with van der Waals surface area (Å²) >= 11 is 0. The van der Waals surface area contributed by atoms with Gasteiger partial charge in [-0.2, -0.15) is 5.10 Å². The van der Waals surface area contributed by atoms with Crippen LogP contribution in [0.1, 0.15) is 18.4 Å². The number of ether oxygens (including phenoxy) is 2. The van der Waals surface area contributed by atoms with E-state index in [1.165, 1.54) is 0 Å². The van der Waals surface area contributed by atoms with Gasteiger partial charge in [0.15, 0.2) is 11.6 Å². The quantitative estimate of drug-likeness (QED) is 0.836. The molecule has 8 heteroatoms. The van der Waals surface area contributed by atoms with Crippen LogP contribution in [0.3, 0.4) is 0 Å². The van der Waals surface area contributed by atoms with Gasteiger partial charge in [-0.15, -0.1) is 0 Å². The van der Waals surface area contributed by atoms with Crippen LogP contribution in [0.5, 0.6) is 5.75 Å². The van der Waals surface area contributed by atoms with Gasteiger partial charge in [0.2, 0.25) is 0 Å². The van der Waals surface area contributed by atoms with Crippen LogP contribution in [0, 0.1) is 6.92 Å². The van der Waals surface area contributed by atoms with E-state index < -0.39 is 6.10 Å². The SMILES string of the molecule is CCn1cc(O[C@@H]2CN(c3cc(C)nc(COC)n3)C[C@H]2O)cn1. The summed E-state index contributed by atoms with van der Waals surface area (Å²) in [4.78, 5) is 10.9. The number of methoxy groups -OCH3 is 1. The van der Waals surface area contributed by atoms with E-state index in [1.54, 1.807) is 18.0 Å². The summed E-state index contributed by atoms with van der Waals surface area (Å²) in [7, 11) is 1.62. The monoisotopic (exact) mass is 333 g/mol. The molecule has 1 aliphatic rings. The Morgan fingerprint density at radius 2 is 2.17 bits per heavy atom. The predicted molar refractivity (Wildman–Crippen MR) is 88.0 cm³/mol. The van der Waals surface area contributed by atoms with Crippen molar-refractivity contribution >= 4 is 5.82 Å². The molecular weight excluding hydrogens is 310 g/mol. The average molecular weight is 333 g/mol. The number of aliphatic hydroxyl groups excluding tert-OH is 1. The minimum absolute atomic E-state index is 0.319. The van der Waals surface area contributed by atoms with Gasteiger partial charge in [-0.1, -0.05) is 0 Å². The molecular formula is C16H23N5O3. The molecule has 0 spiro atoms. The summed E-state index contributed by atoms with van der Waals surface area (Å²) in [5.74, 6) is 2.08. The Morgan fingerprint density at radius 1 is 1.33 bits per heavy atom. The molecule has 0 aromatic carbocycles. The highest BCUT2D eigenvalue weighted by atomic mass is 16.5. The molecule has 0 saturated carbocycles. The van der Waals surface area contributed by atoms with Gasteiger partial charge in [0.1, 0.15) is 24.6 Å². The Kier molecular flexibility index (Phi) is 4.96. The van der Waals surface area contributed by atoms with Gasteiger partial charge in [-0.05, 0) is 13.8 Å². The fourth-order valence-corrected chi connectivity index (χ4v) is 2.78. The maximum absolute atomic E-state index is 10.3. The molecule has 1 fully saturated rings. The first-order valence-electron chi connectivity index (χ1n) is 8.04. The predicted octanol–water partition coefficient (Wildman–Crippen LogP) is 0.776. The lowest BCUT2D eigenvalue weighted by atomic mass is 10.3. The average Bonchev–Trinajstić information content (AvgIpc) is 3.15. The van der Waals surface area contributed by atoms with Crippen LogP contribution in [0.4, 0.5) is 5.82 Å². The fourth-order valence-electron chi connectivity index (χ4n) is 2.78. The minimum Gasteiger partial charge on any atom is -0.482 e. The molecule has 130 valence electrons. The number of anilines is 1. The van der Waals surface area contributed by atoms with Crippen molar-refractivity contribution in [1.82, 2.24) is 19.7 Å². The largest absolute Gasteiger partial charge is 0.482 e. The van der Waals surface area contributed by atoms with Crippen molar-refractivity contribution in [3.8, 4) is 5.75 Å². The molecule has 24 heavy (non-hydrogen) atoms. The van der Waals surface area contributed by atoms with Crippen molar-refractivity contribution in [3.05, 3.63) is 30.0 Å². The summed E-state index contributed by atoms with van der Waals surface area (Å²) < 4.78 is 12.8. The highest BCUT2D eigenvalue weighted by molar-refractivity contribution is 5.42. The van der Waals surface area contributed by atoms with E-state index in [2.05, 4.69) is 15.1 Å². The first-order valence-corrected chi connectivity index (χ1v) is 8.04. The first-order chi connectivity index (χ1) is 11.6. The second-order valence-electron chi connectivity index (χ2n) is 5.88. The molecule has 3 heterocycles. The van der Waals surface area contributed by atoms with Gasteiger partial charge in [0.05, 0.1) is 18.9 Å². The normalized spacial score (nSPS) is 20.6. The molecule has 1 N–H and O–H groups in total. The molecule has 3 rings (SSSR count). The van der Waals surface area contributed by atoms with Crippen molar-refractivity contribution in [1.29, 1.82) is 0 Å². The van der Waals surface area contributed by atoms with Gasteiger partial charge in [0, 0.05) is 32.0 Å². The van der Waals surface area contributed by atoms with Crippen molar-refractivity contribution in [2.75, 3.05) is 25.1 Å². The number of aryl methyl sites for hydroxylation is 2. The van der Waals surface area contributed by atoms with Gasteiger partial charge in [-0.25, -0.2) is 9.97 Å². The van der Waals surface area contributed by atoms with E-state index in [-0.39, 0.29) is 6.10 Å². The van der Waals surface area contributed by atoms with Gasteiger partial charge >= 0.3 is 0 Å². The number of hydrogen-bond donors (Lipinski definition) is 1. The molecule has 2 aromatic rings. The number of β-amino-alcohol motifs (C(OH)–C–C–N with tert-alkyl or cyclic N) is 1. The summed E-state index contributed by atoms with van der Waals surface area (Å²) in [6.45, 7) is 6.10. The summed E-state index contributed by atoms with van der Waals surface area (Å²) in [6, 6.07) is 1.91. The molecule has 0 aliphatic carbocycles. The zero-order valence-corrected chi connectivity index (χ0v) is 14.2. The van der Waals surface area contributed by atoms with E-state index in [0.717, 1.165) is 18.1 Å². The summed E-state index contributed by atoms with van der Waals surface area (Å²) in [5, 5.41) is 14.5. The van der Waals surface area contributed by atoms with Crippen LogP contribution in [0.2, 0.25) is 0 Å². The van der Waals surface area contributed by atoms with E-state index in [9.17, 15) is 5.11 Å². The van der Waals surface area contributed by atoms with E-state index in [4.69, 9.17) is 9.47 Å².